The number of aliphatic imine (C=N–C) groups is 2. The van der Waals surface area contributed by atoms with E-state index in [0.29, 0.717) is 12.5 Å². The molecule has 98 valence electrons. The highest BCUT2D eigenvalue weighted by atomic mass is 16.7. The first kappa shape index (κ1) is 14.1. The van der Waals surface area contributed by atoms with Crippen LogP contribution in [-0.4, -0.2) is 51.6 Å². The fourth-order valence-electron chi connectivity index (χ4n) is 1.70. The van der Waals surface area contributed by atoms with E-state index in [4.69, 9.17) is 15.3 Å². The van der Waals surface area contributed by atoms with E-state index in [0.717, 1.165) is 19.4 Å². The third kappa shape index (κ3) is 5.76. The summed E-state index contributed by atoms with van der Waals surface area (Å²) < 4.78 is 0. The van der Waals surface area contributed by atoms with Gasteiger partial charge in [0, 0.05) is 6.54 Å². The van der Waals surface area contributed by atoms with E-state index in [1.807, 2.05) is 4.90 Å². The second-order valence-electron chi connectivity index (χ2n) is 4.26. The zero-order valence-corrected chi connectivity index (χ0v) is 10.2. The monoisotopic (exact) mass is 243 g/mol. The summed E-state index contributed by atoms with van der Waals surface area (Å²) in [6, 6.07) is 0. The molecule has 3 N–H and O–H groups in total. The number of rotatable bonds is 7. The van der Waals surface area contributed by atoms with Crippen LogP contribution >= 0.6 is 0 Å². The summed E-state index contributed by atoms with van der Waals surface area (Å²) in [5, 5.41) is 26.9. The Morgan fingerprint density at radius 2 is 2.06 bits per heavy atom. The molecule has 0 spiro atoms. The molecule has 0 fully saturated rings. The fraction of sp³-hybridized carbons (Fsp3) is 0.818. The number of unbranched alkanes of at least 4 members (excludes halogenated alkanes) is 3. The first-order chi connectivity index (χ1) is 8.03. The number of amidine groups is 1. The van der Waals surface area contributed by atoms with Crippen molar-refractivity contribution < 1.29 is 15.3 Å². The van der Waals surface area contributed by atoms with Crippen molar-refractivity contribution in [3.8, 4) is 0 Å². The maximum Gasteiger partial charge on any atom is 0.282 e. The number of aliphatic hydroxyl groups is 3. The zero-order valence-electron chi connectivity index (χ0n) is 10.2. The van der Waals surface area contributed by atoms with Crippen molar-refractivity contribution in [3.05, 3.63) is 0 Å². The lowest BCUT2D eigenvalue weighted by Gasteiger charge is -2.28. The maximum atomic E-state index is 8.96. The van der Waals surface area contributed by atoms with E-state index in [2.05, 4.69) is 16.9 Å². The average Bonchev–Trinajstić information content (AvgIpc) is 2.24. The molecule has 1 heterocycles. The minimum absolute atomic E-state index is 0.299. The molecular formula is C11H21N3O3. The summed E-state index contributed by atoms with van der Waals surface area (Å²) in [5.74, 6) is -2.24. The van der Waals surface area contributed by atoms with Gasteiger partial charge in [0.25, 0.3) is 5.97 Å². The smallest absolute Gasteiger partial charge is 0.282 e. The van der Waals surface area contributed by atoms with Crippen LogP contribution in [0.4, 0.5) is 0 Å². The Morgan fingerprint density at radius 1 is 1.29 bits per heavy atom. The van der Waals surface area contributed by atoms with Crippen molar-refractivity contribution in [2.75, 3.05) is 13.2 Å². The molecule has 1 aliphatic rings. The van der Waals surface area contributed by atoms with Gasteiger partial charge in [-0.1, -0.05) is 26.2 Å². The highest BCUT2D eigenvalue weighted by molar-refractivity contribution is 5.90. The Balaban J connectivity index is 2.42. The van der Waals surface area contributed by atoms with Gasteiger partial charge in [-0.15, -0.1) is 0 Å². The van der Waals surface area contributed by atoms with Crippen LogP contribution in [0.15, 0.2) is 9.98 Å². The molecule has 0 amide bonds. The molecule has 0 aromatic carbocycles. The largest absolute Gasteiger partial charge is 0.343 e. The topological polar surface area (TPSA) is 88.7 Å². The van der Waals surface area contributed by atoms with E-state index >= 15 is 0 Å². The Bertz CT molecular complexity index is 284. The van der Waals surface area contributed by atoms with Gasteiger partial charge in [0.05, 0.1) is 6.42 Å². The SMILES string of the molecule is CCCCCCN1CN=CN=C1CC(O)(O)O. The standard InChI is InChI=1S/C11H21N3O3/c1-2-3-4-5-6-14-9-12-8-13-10(14)7-11(15,16)17/h8,15-17H,2-7,9H2,1H3. The highest BCUT2D eigenvalue weighted by Gasteiger charge is 2.25. The summed E-state index contributed by atoms with van der Waals surface area (Å²) in [7, 11) is 0. The number of nitrogens with zero attached hydrogens (tertiary/aromatic N) is 3. The second-order valence-corrected chi connectivity index (χ2v) is 4.26. The molecule has 17 heavy (non-hydrogen) atoms. The quantitative estimate of drug-likeness (QED) is 0.443. The van der Waals surface area contributed by atoms with Gasteiger partial charge in [-0.2, -0.15) is 0 Å². The number of hydrogen-bond donors (Lipinski definition) is 3. The van der Waals surface area contributed by atoms with Gasteiger partial charge in [0.1, 0.15) is 18.8 Å². The van der Waals surface area contributed by atoms with Crippen molar-refractivity contribution in [1.82, 2.24) is 4.90 Å². The Labute approximate surface area is 101 Å². The van der Waals surface area contributed by atoms with Crippen LogP contribution in [0.2, 0.25) is 0 Å². The third-order valence-electron chi connectivity index (χ3n) is 2.58. The van der Waals surface area contributed by atoms with Crippen molar-refractivity contribution in [2.45, 2.75) is 45.0 Å². The number of hydrogen-bond acceptors (Lipinski definition) is 6. The molecule has 0 atom stereocenters. The summed E-state index contributed by atoms with van der Waals surface area (Å²) in [4.78, 5) is 9.83. The molecule has 1 aliphatic heterocycles. The first-order valence-corrected chi connectivity index (χ1v) is 6.00. The van der Waals surface area contributed by atoms with Crippen molar-refractivity contribution in [1.29, 1.82) is 0 Å². The van der Waals surface area contributed by atoms with Gasteiger partial charge in [-0.25, -0.2) is 4.99 Å². The second kappa shape index (κ2) is 6.68. The molecule has 1 rings (SSSR count). The van der Waals surface area contributed by atoms with E-state index in [-0.39, 0.29) is 6.42 Å². The Kier molecular flexibility index (Phi) is 5.54. The molecule has 0 saturated heterocycles. The molecule has 6 heteroatoms. The minimum Gasteiger partial charge on any atom is -0.343 e. The lowest BCUT2D eigenvalue weighted by molar-refractivity contribution is -0.306. The van der Waals surface area contributed by atoms with Gasteiger partial charge < -0.3 is 20.2 Å². The van der Waals surface area contributed by atoms with Gasteiger partial charge >= 0.3 is 0 Å². The zero-order chi connectivity index (χ0) is 12.7. The molecule has 0 radical (unpaired) electrons. The lowest BCUT2D eigenvalue weighted by Crippen LogP contribution is -2.41. The van der Waals surface area contributed by atoms with E-state index < -0.39 is 5.97 Å². The van der Waals surface area contributed by atoms with Gasteiger partial charge in [-0.05, 0) is 6.42 Å². The Hall–Kier alpha value is -0.980. The molecular weight excluding hydrogens is 222 g/mol. The average molecular weight is 243 g/mol. The molecule has 0 aromatic rings. The summed E-state index contributed by atoms with van der Waals surface area (Å²) in [6.45, 7) is 3.38. The summed E-state index contributed by atoms with van der Waals surface area (Å²) in [5.41, 5.74) is 0. The van der Waals surface area contributed by atoms with E-state index in [1.165, 1.54) is 19.2 Å². The third-order valence-corrected chi connectivity index (χ3v) is 2.58. The van der Waals surface area contributed by atoms with Crippen LogP contribution in [0.1, 0.15) is 39.0 Å². The van der Waals surface area contributed by atoms with Crippen LogP contribution in [-0.2, 0) is 0 Å². The van der Waals surface area contributed by atoms with Crippen molar-refractivity contribution >= 4 is 12.2 Å². The van der Waals surface area contributed by atoms with Crippen LogP contribution in [0.3, 0.4) is 0 Å². The van der Waals surface area contributed by atoms with Crippen molar-refractivity contribution in [2.24, 2.45) is 9.98 Å². The molecule has 0 aromatic heterocycles. The van der Waals surface area contributed by atoms with Gasteiger partial charge in [0.15, 0.2) is 0 Å². The summed E-state index contributed by atoms with van der Waals surface area (Å²) >= 11 is 0. The predicted molar refractivity (Wildman–Crippen MR) is 65.6 cm³/mol. The van der Waals surface area contributed by atoms with Crippen LogP contribution < -0.4 is 0 Å². The molecule has 0 saturated carbocycles. The van der Waals surface area contributed by atoms with E-state index in [1.54, 1.807) is 0 Å². The van der Waals surface area contributed by atoms with Gasteiger partial charge in [0.2, 0.25) is 0 Å². The highest BCUT2D eigenvalue weighted by Crippen LogP contribution is 2.11. The van der Waals surface area contributed by atoms with Crippen LogP contribution in [0.25, 0.3) is 0 Å². The normalized spacial score (nSPS) is 16.2. The molecule has 0 aliphatic carbocycles. The first-order valence-electron chi connectivity index (χ1n) is 6.00. The lowest BCUT2D eigenvalue weighted by atomic mass is 10.2. The maximum absolute atomic E-state index is 8.96. The van der Waals surface area contributed by atoms with E-state index in [9.17, 15) is 0 Å². The fourth-order valence-corrected chi connectivity index (χ4v) is 1.70. The van der Waals surface area contributed by atoms with Crippen molar-refractivity contribution in [3.63, 3.8) is 0 Å². The van der Waals surface area contributed by atoms with Crippen LogP contribution in [0, 0.1) is 0 Å². The predicted octanol–water partition coefficient (Wildman–Crippen LogP) is 0.287. The molecule has 6 nitrogen and oxygen atoms in total. The molecule has 0 bridgehead atoms. The Morgan fingerprint density at radius 3 is 2.71 bits per heavy atom. The summed E-state index contributed by atoms with van der Waals surface area (Å²) in [6.07, 6.45) is 5.58. The van der Waals surface area contributed by atoms with Gasteiger partial charge in [-0.3, -0.25) is 4.99 Å². The van der Waals surface area contributed by atoms with Crippen LogP contribution in [0.5, 0.6) is 0 Å². The minimum atomic E-state index is -2.70. The molecule has 0 unspecified atom stereocenters.